The Hall–Kier alpha value is -1.64. The highest BCUT2D eigenvalue weighted by atomic mass is 32.2. The number of hydrogen-bond acceptors (Lipinski definition) is 5. The van der Waals surface area contributed by atoms with Gasteiger partial charge in [-0.25, -0.2) is 8.42 Å². The van der Waals surface area contributed by atoms with Crippen molar-refractivity contribution in [2.45, 2.75) is 18.2 Å². The molecule has 23 heavy (non-hydrogen) atoms. The summed E-state index contributed by atoms with van der Waals surface area (Å²) in [5, 5.41) is 2.65. The van der Waals surface area contributed by atoms with Crippen LogP contribution in [-0.4, -0.2) is 59.1 Å². The molecule has 0 aliphatic heterocycles. The van der Waals surface area contributed by atoms with Crippen molar-refractivity contribution in [2.75, 3.05) is 40.5 Å². The van der Waals surface area contributed by atoms with E-state index in [9.17, 15) is 13.2 Å². The summed E-state index contributed by atoms with van der Waals surface area (Å²) in [6.07, 6.45) is 0.678. The monoisotopic (exact) mass is 344 g/mol. The standard InChI is InChI=1S/C15H24N2O5S/c1-4-22-13-6-8-14(9-7-13)23(19,20)17(2)12-15(18)16-10-5-11-21-3/h6-9H,4-5,10-12H2,1-3H3,(H,16,18). The lowest BCUT2D eigenvalue weighted by Gasteiger charge is -2.17. The lowest BCUT2D eigenvalue weighted by Crippen LogP contribution is -2.38. The fourth-order valence-corrected chi connectivity index (χ4v) is 2.97. The summed E-state index contributed by atoms with van der Waals surface area (Å²) >= 11 is 0. The van der Waals surface area contributed by atoms with E-state index < -0.39 is 10.0 Å². The van der Waals surface area contributed by atoms with Crippen molar-refractivity contribution in [3.63, 3.8) is 0 Å². The van der Waals surface area contributed by atoms with Gasteiger partial charge in [-0.2, -0.15) is 4.31 Å². The zero-order valence-corrected chi connectivity index (χ0v) is 14.6. The molecule has 7 nitrogen and oxygen atoms in total. The number of benzene rings is 1. The molecule has 0 unspecified atom stereocenters. The van der Waals surface area contributed by atoms with Crippen molar-refractivity contribution < 1.29 is 22.7 Å². The Labute approximate surface area is 137 Å². The van der Waals surface area contributed by atoms with Gasteiger partial charge in [-0.05, 0) is 37.6 Å². The predicted octanol–water partition coefficient (Wildman–Crippen LogP) is 0.858. The fraction of sp³-hybridized carbons (Fsp3) is 0.533. The number of sulfonamides is 1. The lowest BCUT2D eigenvalue weighted by atomic mass is 10.3. The maximum absolute atomic E-state index is 12.4. The number of carbonyl (C=O) groups excluding carboxylic acids is 1. The Morgan fingerprint density at radius 3 is 2.48 bits per heavy atom. The van der Waals surface area contributed by atoms with Crippen molar-refractivity contribution in [3.8, 4) is 5.75 Å². The van der Waals surface area contributed by atoms with Crippen LogP contribution in [0.15, 0.2) is 29.2 Å². The SMILES string of the molecule is CCOc1ccc(S(=O)(=O)N(C)CC(=O)NCCCOC)cc1. The van der Waals surface area contributed by atoms with E-state index in [1.807, 2.05) is 6.92 Å². The van der Waals surface area contributed by atoms with Gasteiger partial charge in [0, 0.05) is 27.3 Å². The number of ether oxygens (including phenoxy) is 2. The molecule has 0 fully saturated rings. The number of carbonyl (C=O) groups is 1. The van der Waals surface area contributed by atoms with Gasteiger partial charge >= 0.3 is 0 Å². The fourth-order valence-electron chi connectivity index (χ4n) is 1.84. The summed E-state index contributed by atoms with van der Waals surface area (Å²) in [6, 6.07) is 6.12. The van der Waals surface area contributed by atoms with E-state index in [2.05, 4.69) is 5.32 Å². The third kappa shape index (κ3) is 6.17. The predicted molar refractivity (Wildman–Crippen MR) is 86.9 cm³/mol. The van der Waals surface area contributed by atoms with Crippen LogP contribution in [0.25, 0.3) is 0 Å². The number of rotatable bonds is 10. The molecule has 8 heteroatoms. The maximum Gasteiger partial charge on any atom is 0.243 e. The second kappa shape index (κ2) is 9.49. The van der Waals surface area contributed by atoms with E-state index in [-0.39, 0.29) is 17.3 Å². The molecular formula is C15H24N2O5S. The molecule has 0 radical (unpaired) electrons. The van der Waals surface area contributed by atoms with Gasteiger partial charge in [-0.3, -0.25) is 4.79 Å². The quantitative estimate of drug-likeness (QED) is 0.636. The summed E-state index contributed by atoms with van der Waals surface area (Å²) in [7, 11) is -0.751. The normalized spacial score (nSPS) is 11.5. The molecule has 0 bridgehead atoms. The van der Waals surface area contributed by atoms with Crippen molar-refractivity contribution in [1.29, 1.82) is 0 Å². The van der Waals surface area contributed by atoms with E-state index in [0.29, 0.717) is 31.9 Å². The molecule has 130 valence electrons. The van der Waals surface area contributed by atoms with E-state index in [1.165, 1.54) is 19.2 Å². The van der Waals surface area contributed by atoms with Gasteiger partial charge in [0.2, 0.25) is 15.9 Å². The molecule has 0 saturated carbocycles. The lowest BCUT2D eigenvalue weighted by molar-refractivity contribution is -0.121. The average molecular weight is 344 g/mol. The Bertz CT molecular complexity index is 586. The Kier molecular flexibility index (Phi) is 8.01. The second-order valence-electron chi connectivity index (χ2n) is 4.86. The molecule has 1 amide bonds. The molecule has 0 spiro atoms. The van der Waals surface area contributed by atoms with Gasteiger partial charge in [-0.1, -0.05) is 0 Å². The van der Waals surface area contributed by atoms with Crippen LogP contribution in [0.3, 0.4) is 0 Å². The number of hydrogen-bond donors (Lipinski definition) is 1. The number of amides is 1. The van der Waals surface area contributed by atoms with Crippen molar-refractivity contribution in [3.05, 3.63) is 24.3 Å². The summed E-state index contributed by atoms with van der Waals surface area (Å²) < 4.78 is 36.0. The highest BCUT2D eigenvalue weighted by molar-refractivity contribution is 7.89. The first-order chi connectivity index (χ1) is 10.9. The molecule has 1 aromatic carbocycles. The number of nitrogens with one attached hydrogen (secondary N) is 1. The van der Waals surface area contributed by atoms with Gasteiger partial charge in [0.1, 0.15) is 5.75 Å². The van der Waals surface area contributed by atoms with Crippen LogP contribution in [0.4, 0.5) is 0 Å². The van der Waals surface area contributed by atoms with Crippen molar-refractivity contribution in [2.24, 2.45) is 0 Å². The summed E-state index contributed by atoms with van der Waals surface area (Å²) in [5.74, 6) is 0.253. The molecule has 1 rings (SSSR count). The van der Waals surface area contributed by atoms with Crippen LogP contribution in [0.1, 0.15) is 13.3 Å². The van der Waals surface area contributed by atoms with Gasteiger partial charge in [-0.15, -0.1) is 0 Å². The van der Waals surface area contributed by atoms with E-state index in [4.69, 9.17) is 9.47 Å². The zero-order chi connectivity index (χ0) is 17.3. The Balaban J connectivity index is 2.62. The Morgan fingerprint density at radius 1 is 1.26 bits per heavy atom. The van der Waals surface area contributed by atoms with Crippen LogP contribution in [0, 0.1) is 0 Å². The van der Waals surface area contributed by atoms with Crippen LogP contribution in [-0.2, 0) is 19.6 Å². The van der Waals surface area contributed by atoms with E-state index >= 15 is 0 Å². The van der Waals surface area contributed by atoms with E-state index in [1.54, 1.807) is 19.2 Å². The minimum Gasteiger partial charge on any atom is -0.494 e. The van der Waals surface area contributed by atoms with Crippen LogP contribution < -0.4 is 10.1 Å². The second-order valence-corrected chi connectivity index (χ2v) is 6.91. The molecule has 0 aromatic heterocycles. The molecule has 0 aliphatic carbocycles. The maximum atomic E-state index is 12.4. The number of nitrogens with zero attached hydrogens (tertiary/aromatic N) is 1. The van der Waals surface area contributed by atoms with Crippen LogP contribution in [0.5, 0.6) is 5.75 Å². The summed E-state index contributed by atoms with van der Waals surface area (Å²) in [5.41, 5.74) is 0. The van der Waals surface area contributed by atoms with Crippen molar-refractivity contribution in [1.82, 2.24) is 9.62 Å². The smallest absolute Gasteiger partial charge is 0.243 e. The third-order valence-corrected chi connectivity index (χ3v) is 4.87. The largest absolute Gasteiger partial charge is 0.494 e. The highest BCUT2D eigenvalue weighted by Crippen LogP contribution is 2.18. The summed E-state index contributed by atoms with van der Waals surface area (Å²) in [4.78, 5) is 11.9. The molecule has 0 saturated heterocycles. The highest BCUT2D eigenvalue weighted by Gasteiger charge is 2.22. The van der Waals surface area contributed by atoms with E-state index in [0.717, 1.165) is 4.31 Å². The van der Waals surface area contributed by atoms with Crippen molar-refractivity contribution >= 4 is 15.9 Å². The Morgan fingerprint density at radius 2 is 1.91 bits per heavy atom. The topological polar surface area (TPSA) is 84.9 Å². The first-order valence-corrected chi connectivity index (χ1v) is 8.80. The minimum atomic E-state index is -3.71. The molecule has 1 aromatic rings. The number of likely N-dealkylation sites (N-methyl/N-ethyl adjacent to an activating group) is 1. The first-order valence-electron chi connectivity index (χ1n) is 7.36. The van der Waals surface area contributed by atoms with Gasteiger partial charge in [0.15, 0.2) is 0 Å². The van der Waals surface area contributed by atoms with Gasteiger partial charge in [0.25, 0.3) is 0 Å². The molecule has 0 aliphatic rings. The average Bonchev–Trinajstić information content (AvgIpc) is 2.52. The van der Waals surface area contributed by atoms with Crippen LogP contribution in [0.2, 0.25) is 0 Å². The van der Waals surface area contributed by atoms with Crippen LogP contribution >= 0.6 is 0 Å². The zero-order valence-electron chi connectivity index (χ0n) is 13.7. The summed E-state index contributed by atoms with van der Waals surface area (Å²) in [6.45, 7) is 3.12. The third-order valence-electron chi connectivity index (χ3n) is 3.06. The molecule has 0 atom stereocenters. The first kappa shape index (κ1) is 19.4. The van der Waals surface area contributed by atoms with Gasteiger partial charge in [0.05, 0.1) is 18.0 Å². The molecule has 0 heterocycles. The molecular weight excluding hydrogens is 320 g/mol. The van der Waals surface area contributed by atoms with Gasteiger partial charge < -0.3 is 14.8 Å². The number of methoxy groups -OCH3 is 1. The minimum absolute atomic E-state index is 0.121. The molecule has 1 N–H and O–H groups in total.